The average molecular weight is 298 g/mol. The molecule has 1 aromatic rings. The van der Waals surface area contributed by atoms with Gasteiger partial charge in [0.2, 0.25) is 0 Å². The van der Waals surface area contributed by atoms with Crippen LogP contribution in [0.4, 0.5) is 0 Å². The molecule has 1 N–H and O–H groups in total. The zero-order valence-corrected chi connectivity index (χ0v) is 12.7. The van der Waals surface area contributed by atoms with Crippen molar-refractivity contribution in [3.8, 4) is 11.8 Å². The highest BCUT2D eigenvalue weighted by atomic mass is 32.1. The lowest BCUT2D eigenvalue weighted by Crippen LogP contribution is -2.06. The smallest absolute Gasteiger partial charge is 0.0823 e. The molecule has 4 nitrogen and oxygen atoms in total. The molecule has 0 aromatic carbocycles. The Hall–Kier alpha value is -0.900. The van der Waals surface area contributed by atoms with Crippen LogP contribution in [0.1, 0.15) is 23.3 Å². The van der Waals surface area contributed by atoms with E-state index in [2.05, 4.69) is 11.8 Å². The molecule has 0 bridgehead atoms. The molecule has 0 aliphatic heterocycles. The summed E-state index contributed by atoms with van der Waals surface area (Å²) in [5, 5.41) is 10.7. The molecule has 0 saturated carbocycles. The number of hydrogen-bond acceptors (Lipinski definition) is 5. The molecule has 1 heterocycles. The standard InChI is InChI=1S/C15H22O4S/c1-17-8-4-9-18-10-11-19-13-15-14(6-12-20-15)5-2-3-7-16/h6,12,16H,3-4,7-11,13H2,1H3. The van der Waals surface area contributed by atoms with E-state index in [-0.39, 0.29) is 6.61 Å². The molecular weight excluding hydrogens is 276 g/mol. The Kier molecular flexibility index (Phi) is 10.2. The number of methoxy groups -OCH3 is 1. The predicted molar refractivity (Wildman–Crippen MR) is 79.9 cm³/mol. The molecule has 0 amide bonds. The minimum Gasteiger partial charge on any atom is -0.395 e. The summed E-state index contributed by atoms with van der Waals surface area (Å²) in [5.41, 5.74) is 0.990. The van der Waals surface area contributed by atoms with E-state index in [1.165, 1.54) is 0 Å². The quantitative estimate of drug-likeness (QED) is 0.530. The molecule has 1 aromatic heterocycles. The fourth-order valence-corrected chi connectivity index (χ4v) is 2.23. The van der Waals surface area contributed by atoms with Crippen molar-refractivity contribution >= 4 is 11.3 Å². The molecule has 20 heavy (non-hydrogen) atoms. The molecule has 0 aliphatic rings. The van der Waals surface area contributed by atoms with Gasteiger partial charge in [-0.05, 0) is 17.9 Å². The number of aliphatic hydroxyl groups excluding tert-OH is 1. The van der Waals surface area contributed by atoms with E-state index in [0.29, 0.717) is 32.8 Å². The van der Waals surface area contributed by atoms with Crippen molar-refractivity contribution in [3.05, 3.63) is 21.9 Å². The highest BCUT2D eigenvalue weighted by Crippen LogP contribution is 2.16. The number of aliphatic hydroxyl groups is 1. The first-order valence-corrected chi connectivity index (χ1v) is 7.57. The van der Waals surface area contributed by atoms with Gasteiger partial charge in [0.15, 0.2) is 0 Å². The molecule has 0 saturated heterocycles. The lowest BCUT2D eigenvalue weighted by molar-refractivity contribution is 0.0344. The maximum atomic E-state index is 8.70. The van der Waals surface area contributed by atoms with Gasteiger partial charge in [-0.25, -0.2) is 0 Å². The SMILES string of the molecule is COCCCOCCOCc1sccc1C#CCCO. The summed E-state index contributed by atoms with van der Waals surface area (Å²) < 4.78 is 15.9. The van der Waals surface area contributed by atoms with E-state index in [1.807, 2.05) is 11.4 Å². The van der Waals surface area contributed by atoms with Gasteiger partial charge in [-0.2, -0.15) is 0 Å². The van der Waals surface area contributed by atoms with Crippen LogP contribution in [-0.4, -0.2) is 45.3 Å². The van der Waals surface area contributed by atoms with E-state index in [1.54, 1.807) is 18.4 Å². The van der Waals surface area contributed by atoms with Gasteiger partial charge >= 0.3 is 0 Å². The van der Waals surface area contributed by atoms with Gasteiger partial charge in [0.1, 0.15) is 0 Å². The lowest BCUT2D eigenvalue weighted by Gasteiger charge is -2.05. The van der Waals surface area contributed by atoms with E-state index >= 15 is 0 Å². The Balaban J connectivity index is 2.13. The first-order valence-electron chi connectivity index (χ1n) is 6.69. The van der Waals surface area contributed by atoms with Crippen LogP contribution in [0.2, 0.25) is 0 Å². The molecule has 0 fully saturated rings. The van der Waals surface area contributed by atoms with E-state index < -0.39 is 0 Å². The van der Waals surface area contributed by atoms with E-state index in [4.69, 9.17) is 19.3 Å². The molecule has 5 heteroatoms. The highest BCUT2D eigenvalue weighted by molar-refractivity contribution is 7.10. The summed E-state index contributed by atoms with van der Waals surface area (Å²) in [5.74, 6) is 5.97. The third-order valence-electron chi connectivity index (χ3n) is 2.45. The van der Waals surface area contributed by atoms with Crippen molar-refractivity contribution in [2.24, 2.45) is 0 Å². The van der Waals surface area contributed by atoms with Crippen LogP contribution in [0.3, 0.4) is 0 Å². The van der Waals surface area contributed by atoms with Gasteiger partial charge in [0, 0.05) is 37.2 Å². The summed E-state index contributed by atoms with van der Waals surface area (Å²) in [4.78, 5) is 1.12. The van der Waals surface area contributed by atoms with Gasteiger partial charge in [-0.1, -0.05) is 11.8 Å². The second kappa shape index (κ2) is 11.9. The van der Waals surface area contributed by atoms with Crippen LogP contribution < -0.4 is 0 Å². The zero-order chi connectivity index (χ0) is 14.5. The summed E-state index contributed by atoms with van der Waals surface area (Å²) in [6.07, 6.45) is 1.41. The maximum Gasteiger partial charge on any atom is 0.0823 e. The fraction of sp³-hybridized carbons (Fsp3) is 0.600. The topological polar surface area (TPSA) is 47.9 Å². The van der Waals surface area contributed by atoms with Crippen LogP contribution in [0, 0.1) is 11.8 Å². The van der Waals surface area contributed by atoms with Crippen molar-refractivity contribution in [3.63, 3.8) is 0 Å². The third kappa shape index (κ3) is 7.63. The Labute approximate surface area is 124 Å². The van der Waals surface area contributed by atoms with Crippen LogP contribution in [-0.2, 0) is 20.8 Å². The van der Waals surface area contributed by atoms with Crippen molar-refractivity contribution in [2.45, 2.75) is 19.4 Å². The van der Waals surface area contributed by atoms with E-state index in [9.17, 15) is 0 Å². The minimum atomic E-state index is 0.101. The van der Waals surface area contributed by atoms with Gasteiger partial charge in [0.05, 0.1) is 26.4 Å². The fourth-order valence-electron chi connectivity index (χ4n) is 1.47. The monoisotopic (exact) mass is 298 g/mol. The van der Waals surface area contributed by atoms with Crippen molar-refractivity contribution < 1.29 is 19.3 Å². The van der Waals surface area contributed by atoms with Crippen LogP contribution >= 0.6 is 11.3 Å². The Bertz CT molecular complexity index is 405. The predicted octanol–water partition coefficient (Wildman–Crippen LogP) is 2.05. The van der Waals surface area contributed by atoms with Crippen LogP contribution in [0.5, 0.6) is 0 Å². The average Bonchev–Trinajstić information content (AvgIpc) is 2.90. The number of ether oxygens (including phenoxy) is 3. The Morgan fingerprint density at radius 2 is 2.05 bits per heavy atom. The first-order chi connectivity index (χ1) is 9.88. The summed E-state index contributed by atoms with van der Waals surface area (Å²) in [6.45, 7) is 3.26. The Morgan fingerprint density at radius 1 is 1.20 bits per heavy atom. The van der Waals surface area contributed by atoms with Gasteiger partial charge < -0.3 is 19.3 Å². The maximum absolute atomic E-state index is 8.70. The molecule has 0 radical (unpaired) electrons. The summed E-state index contributed by atoms with van der Waals surface area (Å²) in [7, 11) is 1.69. The van der Waals surface area contributed by atoms with Crippen molar-refractivity contribution in [2.75, 3.05) is 40.1 Å². The first kappa shape index (κ1) is 17.2. The summed E-state index contributed by atoms with van der Waals surface area (Å²) in [6, 6.07) is 1.98. The molecule has 112 valence electrons. The largest absolute Gasteiger partial charge is 0.395 e. The Morgan fingerprint density at radius 3 is 2.85 bits per heavy atom. The zero-order valence-electron chi connectivity index (χ0n) is 11.9. The second-order valence-electron chi connectivity index (χ2n) is 4.04. The van der Waals surface area contributed by atoms with E-state index in [0.717, 1.165) is 23.5 Å². The normalized spacial score (nSPS) is 10.3. The number of rotatable bonds is 10. The van der Waals surface area contributed by atoms with Crippen molar-refractivity contribution in [1.82, 2.24) is 0 Å². The molecule has 0 aliphatic carbocycles. The van der Waals surface area contributed by atoms with Gasteiger partial charge in [0.25, 0.3) is 0 Å². The highest BCUT2D eigenvalue weighted by Gasteiger charge is 2.01. The number of hydrogen-bond donors (Lipinski definition) is 1. The molecule has 1 rings (SSSR count). The number of thiophene rings is 1. The molecule has 0 spiro atoms. The molecular formula is C15H22O4S. The summed E-state index contributed by atoms with van der Waals surface area (Å²) >= 11 is 1.64. The minimum absolute atomic E-state index is 0.101. The lowest BCUT2D eigenvalue weighted by atomic mass is 10.2. The van der Waals surface area contributed by atoms with Crippen LogP contribution in [0.15, 0.2) is 11.4 Å². The molecule has 0 unspecified atom stereocenters. The third-order valence-corrected chi connectivity index (χ3v) is 3.34. The molecule has 0 atom stereocenters. The van der Waals surface area contributed by atoms with Crippen LogP contribution in [0.25, 0.3) is 0 Å². The van der Waals surface area contributed by atoms with Gasteiger partial charge in [-0.15, -0.1) is 11.3 Å². The second-order valence-corrected chi connectivity index (χ2v) is 5.04. The van der Waals surface area contributed by atoms with Gasteiger partial charge in [-0.3, -0.25) is 0 Å². The van der Waals surface area contributed by atoms with Crippen molar-refractivity contribution in [1.29, 1.82) is 0 Å².